The van der Waals surface area contributed by atoms with Gasteiger partial charge in [0.25, 0.3) is 17.8 Å². The number of amides is 2. The number of rotatable bonds is 8. The molecule has 12 heteroatoms. The number of H-pyrrole nitrogens is 1. The predicted octanol–water partition coefficient (Wildman–Crippen LogP) is 5.34. The molecule has 10 nitrogen and oxygen atoms in total. The summed E-state index contributed by atoms with van der Waals surface area (Å²) in [7, 11) is 0. The van der Waals surface area contributed by atoms with Crippen LogP contribution in [0, 0.1) is 0 Å². The van der Waals surface area contributed by atoms with Crippen LogP contribution in [0.5, 0.6) is 0 Å². The maximum Gasteiger partial charge on any atom is 0.270 e. The van der Waals surface area contributed by atoms with Gasteiger partial charge in [0.1, 0.15) is 5.69 Å². The van der Waals surface area contributed by atoms with Crippen molar-refractivity contribution >= 4 is 41.0 Å². The Kier molecular flexibility index (Phi) is 7.63. The minimum atomic E-state index is -0.634. The summed E-state index contributed by atoms with van der Waals surface area (Å²) >= 11 is 12.4. The van der Waals surface area contributed by atoms with Crippen LogP contribution in [-0.4, -0.2) is 42.2 Å². The van der Waals surface area contributed by atoms with Crippen molar-refractivity contribution in [1.29, 1.82) is 0 Å². The van der Waals surface area contributed by atoms with Crippen molar-refractivity contribution in [3.63, 3.8) is 0 Å². The van der Waals surface area contributed by atoms with Gasteiger partial charge in [0.2, 0.25) is 0 Å². The summed E-state index contributed by atoms with van der Waals surface area (Å²) in [6.45, 7) is 4.17. The monoisotopic (exact) mass is 574 g/mol. The summed E-state index contributed by atoms with van der Waals surface area (Å²) < 4.78 is 1.63. The van der Waals surface area contributed by atoms with E-state index in [1.165, 1.54) is 0 Å². The number of carbonyl (C=O) groups is 2. The number of aromatic amines is 1. The highest BCUT2D eigenvalue weighted by Crippen LogP contribution is 2.29. The maximum absolute atomic E-state index is 13.6. The second kappa shape index (κ2) is 11.3. The quantitative estimate of drug-likeness (QED) is 0.229. The average Bonchev–Trinajstić information content (AvgIpc) is 3.61. The molecule has 2 heterocycles. The van der Waals surface area contributed by atoms with Gasteiger partial charge in [-0.05, 0) is 60.5 Å². The summed E-state index contributed by atoms with van der Waals surface area (Å²) in [5.74, 6) is -0.588. The summed E-state index contributed by atoms with van der Waals surface area (Å²) in [5.41, 5.74) is 3.22. The van der Waals surface area contributed by atoms with Crippen molar-refractivity contribution in [3.8, 4) is 11.3 Å². The third-order valence-electron chi connectivity index (χ3n) is 6.27. The number of carbonyl (C=O) groups excluding carboxylic acids is 2. The largest absolute Gasteiger partial charge is 0.342 e. The molecule has 3 aromatic carbocycles. The first-order valence-electron chi connectivity index (χ1n) is 12.2. The number of anilines is 1. The molecule has 0 fully saturated rings. The van der Waals surface area contributed by atoms with E-state index in [9.17, 15) is 9.59 Å². The van der Waals surface area contributed by atoms with Gasteiger partial charge >= 0.3 is 0 Å². The average molecular weight is 575 g/mol. The van der Waals surface area contributed by atoms with Crippen LogP contribution in [0.3, 0.4) is 0 Å². The Balaban J connectivity index is 1.43. The number of hydrogen-bond donors (Lipinski definition) is 3. The third kappa shape index (κ3) is 6.03. The third-order valence-corrected chi connectivity index (χ3v) is 7.01. The lowest BCUT2D eigenvalue weighted by Crippen LogP contribution is -2.41. The first kappa shape index (κ1) is 27.0. The molecule has 0 bridgehead atoms. The Bertz CT molecular complexity index is 1650. The number of nitrogens with zero attached hydrogens (tertiary/aromatic N) is 5. The molecule has 5 rings (SSSR count). The molecule has 0 aliphatic rings. The number of nitrogens with one attached hydrogen (secondary N) is 3. The van der Waals surface area contributed by atoms with E-state index in [2.05, 4.69) is 31.3 Å². The number of halogens is 2. The molecule has 0 saturated heterocycles. The van der Waals surface area contributed by atoms with E-state index >= 15 is 0 Å². The molecule has 0 spiro atoms. The zero-order valence-corrected chi connectivity index (χ0v) is 23.0. The summed E-state index contributed by atoms with van der Waals surface area (Å²) in [4.78, 5) is 26.1. The SMILES string of the molecule is CC(C)(NC(=O)c1cc(-c2ccc(Cl)c(Cl)c2)nn1Cc1ccc(C(=O)Nc2nn[nH]n2)cc1)c1ccccc1. The van der Waals surface area contributed by atoms with Crippen LogP contribution >= 0.6 is 23.2 Å². The molecule has 202 valence electrons. The van der Waals surface area contributed by atoms with E-state index in [1.807, 2.05) is 44.2 Å². The zero-order valence-electron chi connectivity index (χ0n) is 21.5. The lowest BCUT2D eigenvalue weighted by Gasteiger charge is -2.27. The van der Waals surface area contributed by atoms with Crippen LogP contribution in [0.4, 0.5) is 5.95 Å². The molecule has 0 saturated carbocycles. The lowest BCUT2D eigenvalue weighted by molar-refractivity contribution is 0.0901. The number of hydrogen-bond acceptors (Lipinski definition) is 6. The second-order valence-electron chi connectivity index (χ2n) is 9.53. The molecule has 0 radical (unpaired) electrons. The number of aromatic nitrogens is 6. The highest BCUT2D eigenvalue weighted by atomic mass is 35.5. The molecule has 2 amide bonds. The Morgan fingerprint density at radius 2 is 1.68 bits per heavy atom. The summed E-state index contributed by atoms with van der Waals surface area (Å²) in [5, 5.41) is 24.4. The van der Waals surface area contributed by atoms with Crippen LogP contribution < -0.4 is 10.6 Å². The van der Waals surface area contributed by atoms with E-state index in [0.29, 0.717) is 27.0 Å². The van der Waals surface area contributed by atoms with Gasteiger partial charge in [0.05, 0.1) is 27.8 Å². The van der Waals surface area contributed by atoms with Gasteiger partial charge < -0.3 is 5.32 Å². The number of tetrazole rings is 1. The molecule has 0 atom stereocenters. The number of benzene rings is 3. The van der Waals surface area contributed by atoms with Gasteiger partial charge in [-0.1, -0.05) is 76.8 Å². The van der Waals surface area contributed by atoms with Gasteiger partial charge in [-0.3, -0.25) is 19.6 Å². The van der Waals surface area contributed by atoms with Crippen molar-refractivity contribution in [2.24, 2.45) is 0 Å². The van der Waals surface area contributed by atoms with Gasteiger partial charge in [-0.15, -0.1) is 5.10 Å². The molecule has 5 aromatic rings. The normalized spacial score (nSPS) is 11.3. The van der Waals surface area contributed by atoms with Crippen LogP contribution in [0.15, 0.2) is 78.9 Å². The molecule has 2 aromatic heterocycles. The smallest absolute Gasteiger partial charge is 0.270 e. The summed E-state index contributed by atoms with van der Waals surface area (Å²) in [6, 6.07) is 23.6. The van der Waals surface area contributed by atoms with E-state index in [0.717, 1.165) is 16.7 Å². The Morgan fingerprint density at radius 3 is 2.35 bits per heavy atom. The van der Waals surface area contributed by atoms with E-state index < -0.39 is 5.54 Å². The predicted molar refractivity (Wildman–Crippen MR) is 152 cm³/mol. The van der Waals surface area contributed by atoms with Crippen molar-refractivity contribution in [2.75, 3.05) is 5.32 Å². The lowest BCUT2D eigenvalue weighted by atomic mass is 9.94. The Morgan fingerprint density at radius 1 is 0.925 bits per heavy atom. The van der Waals surface area contributed by atoms with Crippen molar-refractivity contribution in [1.82, 2.24) is 35.7 Å². The molecule has 0 aliphatic carbocycles. The molecule has 0 aliphatic heterocycles. The summed E-state index contributed by atoms with van der Waals surface area (Å²) in [6.07, 6.45) is 0. The first-order valence-corrected chi connectivity index (χ1v) is 13.0. The van der Waals surface area contributed by atoms with E-state index in [-0.39, 0.29) is 24.3 Å². The van der Waals surface area contributed by atoms with Crippen LogP contribution in [0.2, 0.25) is 10.0 Å². The minimum absolute atomic E-state index is 0.0783. The highest BCUT2D eigenvalue weighted by Gasteiger charge is 2.26. The fourth-order valence-electron chi connectivity index (χ4n) is 4.11. The first-order chi connectivity index (χ1) is 19.2. The molecular weight excluding hydrogens is 551 g/mol. The minimum Gasteiger partial charge on any atom is -0.342 e. The molecule has 0 unspecified atom stereocenters. The van der Waals surface area contributed by atoms with E-state index in [1.54, 1.807) is 53.2 Å². The van der Waals surface area contributed by atoms with Gasteiger partial charge in [-0.2, -0.15) is 10.3 Å². The van der Waals surface area contributed by atoms with Gasteiger partial charge in [0, 0.05) is 11.1 Å². The van der Waals surface area contributed by atoms with E-state index in [4.69, 9.17) is 28.3 Å². The van der Waals surface area contributed by atoms with Gasteiger partial charge in [0.15, 0.2) is 0 Å². The topological polar surface area (TPSA) is 130 Å². The van der Waals surface area contributed by atoms with Crippen LogP contribution in [0.1, 0.15) is 45.8 Å². The second-order valence-corrected chi connectivity index (χ2v) is 10.3. The molecule has 3 N–H and O–H groups in total. The Labute approximate surface area is 239 Å². The van der Waals surface area contributed by atoms with Crippen molar-refractivity contribution in [3.05, 3.63) is 111 Å². The van der Waals surface area contributed by atoms with Gasteiger partial charge in [-0.25, -0.2) is 0 Å². The maximum atomic E-state index is 13.6. The fraction of sp³-hybridized carbons (Fsp3) is 0.143. The fourth-order valence-corrected chi connectivity index (χ4v) is 4.41. The highest BCUT2D eigenvalue weighted by molar-refractivity contribution is 6.42. The Hall–Kier alpha value is -4.54. The molecular formula is C28H24Cl2N8O2. The van der Waals surface area contributed by atoms with Crippen molar-refractivity contribution < 1.29 is 9.59 Å². The van der Waals surface area contributed by atoms with Crippen molar-refractivity contribution in [2.45, 2.75) is 25.9 Å². The standard InChI is InChI=1S/C28H24Cl2N8O2/c1-28(2,20-6-4-3-5-7-20)32-26(40)24-15-23(19-12-13-21(29)22(30)14-19)35-38(24)16-17-8-10-18(11-9-17)25(39)31-27-33-36-37-34-27/h3-15H,16H2,1-2H3,(H,32,40)(H2,31,33,34,36,37,39). The zero-order chi connectivity index (χ0) is 28.3. The van der Waals surface area contributed by atoms with Crippen LogP contribution in [0.25, 0.3) is 11.3 Å². The molecule has 40 heavy (non-hydrogen) atoms. The van der Waals surface area contributed by atoms with Crippen LogP contribution in [-0.2, 0) is 12.1 Å².